The summed E-state index contributed by atoms with van der Waals surface area (Å²) < 4.78 is 1.89. The number of hydrogen-bond donors (Lipinski definition) is 1. The fourth-order valence-corrected chi connectivity index (χ4v) is 3.83. The molecule has 1 fully saturated rings. The Labute approximate surface area is 165 Å². The maximum atomic E-state index is 4.73. The number of rotatable bonds is 5. The van der Waals surface area contributed by atoms with Crippen LogP contribution in [0.25, 0.3) is 11.3 Å². The summed E-state index contributed by atoms with van der Waals surface area (Å²) in [6.07, 6.45) is 7.72. The quantitative estimate of drug-likeness (QED) is 0.730. The standard InChI is InChI=1S/C20H26N8/c1-14-18(15(2)27(3)26-14)17-7-10-21-19(25-17)24-12-16-6-4-11-28(13-16)20-22-8-5-9-23-20/h5,7-10,16H,4,6,11-13H2,1-3H3,(H,21,24,25). The molecule has 0 aromatic carbocycles. The average Bonchev–Trinajstić information content (AvgIpc) is 2.99. The number of hydrogen-bond acceptors (Lipinski definition) is 7. The lowest BCUT2D eigenvalue weighted by atomic mass is 9.98. The lowest BCUT2D eigenvalue weighted by Crippen LogP contribution is -2.39. The molecule has 4 heterocycles. The molecule has 0 bridgehead atoms. The Morgan fingerprint density at radius 2 is 1.96 bits per heavy atom. The molecule has 0 aliphatic carbocycles. The van der Waals surface area contributed by atoms with Crippen LogP contribution < -0.4 is 10.2 Å². The first kappa shape index (κ1) is 18.3. The number of anilines is 2. The highest BCUT2D eigenvalue weighted by Gasteiger charge is 2.22. The number of aryl methyl sites for hydroxylation is 2. The first-order valence-corrected chi connectivity index (χ1v) is 9.71. The highest BCUT2D eigenvalue weighted by atomic mass is 15.3. The predicted molar refractivity (Wildman–Crippen MR) is 109 cm³/mol. The highest BCUT2D eigenvalue weighted by Crippen LogP contribution is 2.25. The molecule has 0 amide bonds. The lowest BCUT2D eigenvalue weighted by molar-refractivity contribution is 0.427. The molecule has 4 rings (SSSR count). The number of nitrogens with one attached hydrogen (secondary N) is 1. The van der Waals surface area contributed by atoms with Crippen LogP contribution in [0.4, 0.5) is 11.9 Å². The summed E-state index contributed by atoms with van der Waals surface area (Å²) in [5, 5.41) is 7.92. The van der Waals surface area contributed by atoms with Crippen molar-refractivity contribution in [1.29, 1.82) is 0 Å². The van der Waals surface area contributed by atoms with Gasteiger partial charge in [0.1, 0.15) is 0 Å². The number of aromatic nitrogens is 6. The molecule has 28 heavy (non-hydrogen) atoms. The van der Waals surface area contributed by atoms with Crippen LogP contribution in [-0.2, 0) is 7.05 Å². The molecule has 146 valence electrons. The van der Waals surface area contributed by atoms with Crippen LogP contribution in [0.2, 0.25) is 0 Å². The van der Waals surface area contributed by atoms with E-state index in [2.05, 4.69) is 37.2 Å². The molecular weight excluding hydrogens is 352 g/mol. The molecule has 0 saturated carbocycles. The van der Waals surface area contributed by atoms with Crippen LogP contribution in [-0.4, -0.2) is 49.4 Å². The van der Waals surface area contributed by atoms with Gasteiger partial charge in [0, 0.05) is 56.5 Å². The molecule has 1 aliphatic rings. The molecule has 8 nitrogen and oxygen atoms in total. The first-order valence-electron chi connectivity index (χ1n) is 9.71. The van der Waals surface area contributed by atoms with E-state index in [1.165, 1.54) is 6.42 Å². The molecule has 1 aliphatic heterocycles. The van der Waals surface area contributed by atoms with Gasteiger partial charge >= 0.3 is 0 Å². The van der Waals surface area contributed by atoms with Gasteiger partial charge in [0.05, 0.1) is 11.4 Å². The summed E-state index contributed by atoms with van der Waals surface area (Å²) in [5.41, 5.74) is 4.07. The summed E-state index contributed by atoms with van der Waals surface area (Å²) in [6, 6.07) is 3.79. The van der Waals surface area contributed by atoms with Crippen molar-refractivity contribution in [3.8, 4) is 11.3 Å². The van der Waals surface area contributed by atoms with Gasteiger partial charge in [-0.3, -0.25) is 4.68 Å². The Morgan fingerprint density at radius 1 is 1.14 bits per heavy atom. The Morgan fingerprint density at radius 3 is 2.71 bits per heavy atom. The molecule has 0 radical (unpaired) electrons. The lowest BCUT2D eigenvalue weighted by Gasteiger charge is -2.32. The maximum absolute atomic E-state index is 4.73. The average molecular weight is 378 g/mol. The van der Waals surface area contributed by atoms with E-state index in [9.17, 15) is 0 Å². The van der Waals surface area contributed by atoms with Crippen LogP contribution >= 0.6 is 0 Å². The minimum atomic E-state index is 0.506. The summed E-state index contributed by atoms with van der Waals surface area (Å²) in [6.45, 7) is 6.86. The van der Waals surface area contributed by atoms with Gasteiger partial charge in [0.25, 0.3) is 0 Å². The topological polar surface area (TPSA) is 84.7 Å². The monoisotopic (exact) mass is 378 g/mol. The minimum absolute atomic E-state index is 0.506. The Kier molecular flexibility index (Phi) is 5.18. The van der Waals surface area contributed by atoms with Crippen LogP contribution in [0.3, 0.4) is 0 Å². The smallest absolute Gasteiger partial charge is 0.225 e. The van der Waals surface area contributed by atoms with E-state index < -0.39 is 0 Å². The third-order valence-corrected chi connectivity index (χ3v) is 5.32. The van der Waals surface area contributed by atoms with Crippen LogP contribution in [0.15, 0.2) is 30.7 Å². The third-order valence-electron chi connectivity index (χ3n) is 5.32. The van der Waals surface area contributed by atoms with E-state index in [0.717, 1.165) is 54.6 Å². The third kappa shape index (κ3) is 3.81. The summed E-state index contributed by atoms with van der Waals surface area (Å²) in [5.74, 6) is 1.98. The predicted octanol–water partition coefficient (Wildman–Crippen LogP) is 2.61. The van der Waals surface area contributed by atoms with E-state index in [-0.39, 0.29) is 0 Å². The van der Waals surface area contributed by atoms with E-state index in [1.807, 2.05) is 37.0 Å². The largest absolute Gasteiger partial charge is 0.354 e. The van der Waals surface area contributed by atoms with Crippen molar-refractivity contribution >= 4 is 11.9 Å². The van der Waals surface area contributed by atoms with Gasteiger partial charge in [0.2, 0.25) is 11.9 Å². The molecule has 1 unspecified atom stereocenters. The zero-order valence-corrected chi connectivity index (χ0v) is 16.6. The van der Waals surface area contributed by atoms with Gasteiger partial charge in [-0.25, -0.2) is 19.9 Å². The van der Waals surface area contributed by atoms with Crippen LogP contribution in [0, 0.1) is 19.8 Å². The summed E-state index contributed by atoms with van der Waals surface area (Å²) in [7, 11) is 1.96. The number of piperidine rings is 1. The molecule has 3 aromatic heterocycles. The zero-order valence-electron chi connectivity index (χ0n) is 16.6. The van der Waals surface area contributed by atoms with Crippen molar-refractivity contribution in [2.24, 2.45) is 13.0 Å². The van der Waals surface area contributed by atoms with Gasteiger partial charge in [0.15, 0.2) is 0 Å². The van der Waals surface area contributed by atoms with E-state index in [0.29, 0.717) is 11.9 Å². The summed E-state index contributed by atoms with van der Waals surface area (Å²) in [4.78, 5) is 20.2. The van der Waals surface area contributed by atoms with Crippen LogP contribution in [0.5, 0.6) is 0 Å². The molecule has 1 N–H and O–H groups in total. The van der Waals surface area contributed by atoms with Crippen molar-refractivity contribution in [3.05, 3.63) is 42.1 Å². The van der Waals surface area contributed by atoms with E-state index >= 15 is 0 Å². The molecule has 0 spiro atoms. The van der Waals surface area contributed by atoms with E-state index in [4.69, 9.17) is 4.98 Å². The zero-order chi connectivity index (χ0) is 19.5. The molecule has 8 heteroatoms. The summed E-state index contributed by atoms with van der Waals surface area (Å²) >= 11 is 0. The highest BCUT2D eigenvalue weighted by molar-refractivity contribution is 5.65. The second-order valence-electron chi connectivity index (χ2n) is 7.32. The van der Waals surface area contributed by atoms with Gasteiger partial charge < -0.3 is 10.2 Å². The molecule has 3 aromatic rings. The second-order valence-corrected chi connectivity index (χ2v) is 7.32. The number of nitrogens with zero attached hydrogens (tertiary/aromatic N) is 7. The maximum Gasteiger partial charge on any atom is 0.225 e. The van der Waals surface area contributed by atoms with Gasteiger partial charge in [-0.2, -0.15) is 5.10 Å². The first-order chi connectivity index (χ1) is 13.6. The second kappa shape index (κ2) is 7.92. The fraction of sp³-hybridized carbons (Fsp3) is 0.450. The van der Waals surface area contributed by atoms with Gasteiger partial charge in [-0.15, -0.1) is 0 Å². The van der Waals surface area contributed by atoms with Crippen LogP contribution in [0.1, 0.15) is 24.2 Å². The fourth-order valence-electron chi connectivity index (χ4n) is 3.83. The molecule has 1 saturated heterocycles. The van der Waals surface area contributed by atoms with Gasteiger partial charge in [-0.05, 0) is 44.7 Å². The molecular formula is C20H26N8. The van der Waals surface area contributed by atoms with Gasteiger partial charge in [-0.1, -0.05) is 0 Å². The minimum Gasteiger partial charge on any atom is -0.354 e. The van der Waals surface area contributed by atoms with Crippen molar-refractivity contribution in [3.63, 3.8) is 0 Å². The Bertz CT molecular complexity index is 937. The van der Waals surface area contributed by atoms with Crippen molar-refractivity contribution in [1.82, 2.24) is 29.7 Å². The Hall–Kier alpha value is -3.03. The van der Waals surface area contributed by atoms with E-state index in [1.54, 1.807) is 12.4 Å². The van der Waals surface area contributed by atoms with Crippen molar-refractivity contribution in [2.45, 2.75) is 26.7 Å². The SMILES string of the molecule is Cc1nn(C)c(C)c1-c1ccnc(NCC2CCCN(c3ncccn3)C2)n1. The van der Waals surface area contributed by atoms with Crippen molar-refractivity contribution < 1.29 is 0 Å². The molecule has 1 atom stereocenters. The Balaban J connectivity index is 1.43. The normalized spacial score (nSPS) is 17.0. The van der Waals surface area contributed by atoms with Crippen molar-refractivity contribution in [2.75, 3.05) is 29.9 Å².